The lowest BCUT2D eigenvalue weighted by Crippen LogP contribution is -2.50. The number of allylic oxidation sites excluding steroid dienone is 4. The molecular weight excluding hydrogens is 244 g/mol. The van der Waals surface area contributed by atoms with E-state index in [0.29, 0.717) is 18.6 Å². The fourth-order valence-corrected chi connectivity index (χ4v) is 2.19. The van der Waals surface area contributed by atoms with Gasteiger partial charge in [-0.3, -0.25) is 9.69 Å². The SMILES string of the molecule is C=C/C(=C\C=C/C)OC1CC(N2C(=O)CNC2=O)C1. The lowest BCUT2D eigenvalue weighted by Gasteiger charge is -2.39. The van der Waals surface area contributed by atoms with E-state index < -0.39 is 0 Å². The van der Waals surface area contributed by atoms with Gasteiger partial charge in [-0.2, -0.15) is 0 Å². The first-order valence-corrected chi connectivity index (χ1v) is 6.37. The maximum absolute atomic E-state index is 11.5. The number of imide groups is 1. The van der Waals surface area contributed by atoms with Gasteiger partial charge in [-0.1, -0.05) is 18.7 Å². The predicted molar refractivity (Wildman–Crippen MR) is 71.2 cm³/mol. The van der Waals surface area contributed by atoms with Crippen LogP contribution in [0.1, 0.15) is 19.8 Å². The third-order valence-corrected chi connectivity index (χ3v) is 3.27. The van der Waals surface area contributed by atoms with Gasteiger partial charge in [0.05, 0.1) is 6.54 Å². The first kappa shape index (κ1) is 13.4. The van der Waals surface area contributed by atoms with Crippen molar-refractivity contribution in [2.45, 2.75) is 31.9 Å². The van der Waals surface area contributed by atoms with Crippen molar-refractivity contribution in [1.82, 2.24) is 10.2 Å². The molecule has 5 nitrogen and oxygen atoms in total. The standard InChI is InChI=1S/C14H18N2O3/c1-3-5-6-11(4-2)19-12-7-10(8-12)16-13(17)9-15-14(16)18/h3-6,10,12H,2,7-9H2,1H3,(H,15,18)/b5-3-,11-6+. The summed E-state index contributed by atoms with van der Waals surface area (Å²) in [5.41, 5.74) is 0. The minimum atomic E-state index is -0.290. The van der Waals surface area contributed by atoms with E-state index >= 15 is 0 Å². The molecule has 2 fully saturated rings. The zero-order valence-corrected chi connectivity index (χ0v) is 11.0. The second-order valence-electron chi connectivity index (χ2n) is 4.59. The van der Waals surface area contributed by atoms with Gasteiger partial charge >= 0.3 is 6.03 Å². The Kier molecular flexibility index (Phi) is 4.04. The van der Waals surface area contributed by atoms with E-state index in [1.165, 1.54) is 4.90 Å². The van der Waals surface area contributed by atoms with Crippen molar-refractivity contribution in [1.29, 1.82) is 0 Å². The average molecular weight is 262 g/mol. The summed E-state index contributed by atoms with van der Waals surface area (Å²) in [6, 6.07) is -0.324. The lowest BCUT2D eigenvalue weighted by atomic mass is 9.88. The highest BCUT2D eigenvalue weighted by molar-refractivity contribution is 6.02. The van der Waals surface area contributed by atoms with Gasteiger partial charge in [-0.15, -0.1) is 0 Å². The minimum absolute atomic E-state index is 0.0345. The number of rotatable bonds is 5. The number of ether oxygens (including phenoxy) is 1. The molecule has 1 heterocycles. The molecule has 1 aliphatic heterocycles. The van der Waals surface area contributed by atoms with Gasteiger partial charge in [0.2, 0.25) is 5.91 Å². The topological polar surface area (TPSA) is 58.6 Å². The Labute approximate surface area is 112 Å². The van der Waals surface area contributed by atoms with Crippen molar-refractivity contribution in [2.24, 2.45) is 0 Å². The van der Waals surface area contributed by atoms with Crippen LogP contribution in [-0.2, 0) is 9.53 Å². The number of carbonyl (C=O) groups excluding carboxylic acids is 2. The molecule has 102 valence electrons. The molecule has 0 bridgehead atoms. The van der Waals surface area contributed by atoms with Crippen LogP contribution in [0.15, 0.2) is 36.6 Å². The van der Waals surface area contributed by atoms with Gasteiger partial charge in [-0.25, -0.2) is 4.79 Å². The third kappa shape index (κ3) is 2.86. The van der Waals surface area contributed by atoms with Crippen LogP contribution < -0.4 is 5.32 Å². The summed E-state index contributed by atoms with van der Waals surface area (Å²) in [7, 11) is 0. The van der Waals surface area contributed by atoms with Crippen molar-refractivity contribution < 1.29 is 14.3 Å². The van der Waals surface area contributed by atoms with Crippen molar-refractivity contribution in [3.05, 3.63) is 36.6 Å². The first-order chi connectivity index (χ1) is 9.15. The van der Waals surface area contributed by atoms with Gasteiger partial charge in [0.15, 0.2) is 0 Å². The monoisotopic (exact) mass is 262 g/mol. The Hall–Kier alpha value is -2.04. The van der Waals surface area contributed by atoms with E-state index in [1.54, 1.807) is 6.08 Å². The zero-order valence-electron chi connectivity index (χ0n) is 11.0. The molecule has 0 spiro atoms. The molecule has 3 amide bonds. The Bertz CT molecular complexity index is 432. The molecule has 0 unspecified atom stereocenters. The van der Waals surface area contributed by atoms with Crippen molar-refractivity contribution in [3.8, 4) is 0 Å². The number of urea groups is 1. The summed E-state index contributed by atoms with van der Waals surface area (Å²) in [4.78, 5) is 24.3. The maximum atomic E-state index is 11.5. The summed E-state index contributed by atoms with van der Waals surface area (Å²) in [6.45, 7) is 5.73. The quantitative estimate of drug-likeness (QED) is 0.466. The Morgan fingerprint density at radius 2 is 2.21 bits per heavy atom. The highest BCUT2D eigenvalue weighted by Crippen LogP contribution is 2.31. The van der Waals surface area contributed by atoms with Crippen LogP contribution in [0.3, 0.4) is 0 Å². The largest absolute Gasteiger partial charge is 0.490 e. The van der Waals surface area contributed by atoms with E-state index in [2.05, 4.69) is 11.9 Å². The first-order valence-electron chi connectivity index (χ1n) is 6.37. The highest BCUT2D eigenvalue weighted by atomic mass is 16.5. The van der Waals surface area contributed by atoms with Crippen LogP contribution in [-0.4, -0.2) is 35.5 Å². The summed E-state index contributed by atoms with van der Waals surface area (Å²) < 4.78 is 5.72. The normalized spacial score (nSPS) is 27.4. The Morgan fingerprint density at radius 1 is 1.47 bits per heavy atom. The molecule has 1 saturated heterocycles. The number of carbonyl (C=O) groups is 2. The molecule has 5 heteroatoms. The molecule has 0 aromatic heterocycles. The molecule has 19 heavy (non-hydrogen) atoms. The molecule has 0 aromatic carbocycles. The van der Waals surface area contributed by atoms with E-state index in [0.717, 1.165) is 0 Å². The van der Waals surface area contributed by atoms with Crippen molar-refractivity contribution >= 4 is 11.9 Å². The van der Waals surface area contributed by atoms with Gasteiger partial charge in [-0.05, 0) is 19.1 Å². The van der Waals surface area contributed by atoms with Crippen LogP contribution in [0.2, 0.25) is 0 Å². The predicted octanol–water partition coefficient (Wildman–Crippen LogP) is 1.73. The number of hydrogen-bond acceptors (Lipinski definition) is 3. The van der Waals surface area contributed by atoms with Crippen molar-refractivity contribution in [2.75, 3.05) is 6.54 Å². The molecule has 0 radical (unpaired) electrons. The van der Waals surface area contributed by atoms with Gasteiger partial charge < -0.3 is 10.1 Å². The summed E-state index contributed by atoms with van der Waals surface area (Å²) >= 11 is 0. The zero-order chi connectivity index (χ0) is 13.8. The van der Waals surface area contributed by atoms with E-state index in [4.69, 9.17) is 4.74 Å². The fourth-order valence-electron chi connectivity index (χ4n) is 2.19. The maximum Gasteiger partial charge on any atom is 0.324 e. The molecule has 2 rings (SSSR count). The van der Waals surface area contributed by atoms with E-state index in [9.17, 15) is 9.59 Å². The number of nitrogens with zero attached hydrogens (tertiary/aromatic N) is 1. The van der Waals surface area contributed by atoms with Crippen LogP contribution >= 0.6 is 0 Å². The van der Waals surface area contributed by atoms with Gasteiger partial charge in [0.25, 0.3) is 0 Å². The minimum Gasteiger partial charge on any atom is -0.490 e. The van der Waals surface area contributed by atoms with Crippen LogP contribution in [0, 0.1) is 0 Å². The van der Waals surface area contributed by atoms with Crippen LogP contribution in [0.4, 0.5) is 4.79 Å². The van der Waals surface area contributed by atoms with E-state index in [-0.39, 0.29) is 30.6 Å². The highest BCUT2D eigenvalue weighted by Gasteiger charge is 2.43. The van der Waals surface area contributed by atoms with Gasteiger partial charge in [0.1, 0.15) is 11.9 Å². The smallest absolute Gasteiger partial charge is 0.324 e. The molecule has 0 aromatic rings. The third-order valence-electron chi connectivity index (χ3n) is 3.27. The van der Waals surface area contributed by atoms with Crippen LogP contribution in [0.5, 0.6) is 0 Å². The Balaban J connectivity index is 1.84. The fraction of sp³-hybridized carbons (Fsp3) is 0.429. The van der Waals surface area contributed by atoms with E-state index in [1.807, 2.05) is 25.2 Å². The van der Waals surface area contributed by atoms with Gasteiger partial charge in [0, 0.05) is 18.9 Å². The number of hydrogen-bond donors (Lipinski definition) is 1. The summed E-state index contributed by atoms with van der Waals surface area (Å²) in [6.07, 6.45) is 8.68. The van der Waals surface area contributed by atoms with Crippen molar-refractivity contribution in [3.63, 3.8) is 0 Å². The second-order valence-corrected chi connectivity index (χ2v) is 4.59. The molecule has 1 N–H and O–H groups in total. The second kappa shape index (κ2) is 5.73. The molecule has 1 saturated carbocycles. The number of amides is 3. The number of nitrogens with one attached hydrogen (secondary N) is 1. The summed E-state index contributed by atoms with van der Waals surface area (Å²) in [5, 5.41) is 2.52. The molecule has 2 aliphatic rings. The molecule has 1 aliphatic carbocycles. The average Bonchev–Trinajstić information content (AvgIpc) is 2.68. The molecular formula is C14H18N2O3. The summed E-state index contributed by atoms with van der Waals surface area (Å²) in [5.74, 6) is 0.556. The molecule has 0 atom stereocenters. The van der Waals surface area contributed by atoms with Crippen LogP contribution in [0.25, 0.3) is 0 Å². The lowest BCUT2D eigenvalue weighted by molar-refractivity contribution is -0.129. The Morgan fingerprint density at radius 3 is 2.74 bits per heavy atom.